The van der Waals surface area contributed by atoms with E-state index in [4.69, 9.17) is 4.98 Å². The van der Waals surface area contributed by atoms with Gasteiger partial charge in [-0.05, 0) is 42.5 Å². The Morgan fingerprint density at radius 3 is 2.73 bits per heavy atom. The minimum Gasteiger partial charge on any atom is -0.342 e. The quantitative estimate of drug-likeness (QED) is 0.835. The molecule has 5 rings (SSSR count). The molecule has 0 radical (unpaired) electrons. The Hall–Kier alpha value is -2.21. The molecule has 3 aliphatic heterocycles. The van der Waals surface area contributed by atoms with Crippen molar-refractivity contribution in [3.8, 4) is 11.3 Å². The number of aryl methyl sites for hydroxylation is 1. The smallest absolute Gasteiger partial charge is 0.231 e. The summed E-state index contributed by atoms with van der Waals surface area (Å²) in [6.07, 6.45) is 5.08. The van der Waals surface area contributed by atoms with E-state index < -0.39 is 0 Å². The summed E-state index contributed by atoms with van der Waals surface area (Å²) >= 11 is 1.66. The zero-order valence-electron chi connectivity index (χ0n) is 14.7. The second kappa shape index (κ2) is 6.20. The van der Waals surface area contributed by atoms with Crippen LogP contribution >= 0.6 is 11.3 Å². The molecule has 1 aromatic carbocycles. The number of anilines is 1. The van der Waals surface area contributed by atoms with Crippen LogP contribution in [-0.4, -0.2) is 41.3 Å². The van der Waals surface area contributed by atoms with Crippen LogP contribution in [0.1, 0.15) is 35.4 Å². The molecule has 6 heteroatoms. The number of likely N-dealkylation sites (tertiary alicyclic amines) is 1. The Bertz CT molecular complexity index is 904. The molecule has 1 aromatic heterocycles. The van der Waals surface area contributed by atoms with Crippen LogP contribution in [0, 0.1) is 0 Å². The summed E-state index contributed by atoms with van der Waals surface area (Å²) in [5.41, 5.74) is 5.71. The van der Waals surface area contributed by atoms with E-state index in [1.165, 1.54) is 5.56 Å². The number of hydrogen-bond acceptors (Lipinski definition) is 4. The van der Waals surface area contributed by atoms with Gasteiger partial charge in [-0.15, -0.1) is 11.3 Å². The molecule has 4 heterocycles. The molecule has 2 aromatic rings. The number of carbonyl (C=O) groups excluding carboxylic acids is 2. The summed E-state index contributed by atoms with van der Waals surface area (Å²) in [7, 11) is 0. The van der Waals surface area contributed by atoms with E-state index in [2.05, 4.69) is 17.5 Å². The molecule has 26 heavy (non-hydrogen) atoms. The van der Waals surface area contributed by atoms with Crippen molar-refractivity contribution in [2.45, 2.75) is 38.5 Å². The number of hydrogen-bond donors (Lipinski definition) is 0. The average Bonchev–Trinajstić information content (AvgIpc) is 3.34. The van der Waals surface area contributed by atoms with E-state index in [9.17, 15) is 9.59 Å². The first-order valence-electron chi connectivity index (χ1n) is 9.38. The lowest BCUT2D eigenvalue weighted by Gasteiger charge is -2.25. The molecule has 0 saturated carbocycles. The second-order valence-corrected chi connectivity index (χ2v) is 8.27. The van der Waals surface area contributed by atoms with Gasteiger partial charge < -0.3 is 9.80 Å². The third kappa shape index (κ3) is 2.63. The van der Waals surface area contributed by atoms with Crippen molar-refractivity contribution in [2.75, 3.05) is 24.5 Å². The fraction of sp³-hybridized carbons (Fsp3) is 0.450. The van der Waals surface area contributed by atoms with E-state index in [1.54, 1.807) is 11.3 Å². The highest BCUT2D eigenvalue weighted by Gasteiger charge is 2.32. The number of amides is 2. The largest absolute Gasteiger partial charge is 0.342 e. The maximum Gasteiger partial charge on any atom is 0.231 e. The van der Waals surface area contributed by atoms with Crippen molar-refractivity contribution in [2.24, 2.45) is 0 Å². The summed E-state index contributed by atoms with van der Waals surface area (Å²) in [6, 6.07) is 4.36. The number of carbonyl (C=O) groups is 2. The molecule has 0 N–H and O–H groups in total. The van der Waals surface area contributed by atoms with Crippen LogP contribution in [0.4, 0.5) is 5.69 Å². The van der Waals surface area contributed by atoms with Gasteiger partial charge in [-0.25, -0.2) is 4.98 Å². The molecule has 1 fully saturated rings. The summed E-state index contributed by atoms with van der Waals surface area (Å²) in [4.78, 5) is 32.7. The highest BCUT2D eigenvalue weighted by Crippen LogP contribution is 2.39. The van der Waals surface area contributed by atoms with Crippen LogP contribution in [-0.2, 0) is 28.9 Å². The van der Waals surface area contributed by atoms with Gasteiger partial charge in [-0.1, -0.05) is 0 Å². The molecule has 3 aliphatic rings. The number of thiazole rings is 1. The van der Waals surface area contributed by atoms with Crippen LogP contribution < -0.4 is 4.90 Å². The van der Waals surface area contributed by atoms with Gasteiger partial charge in [0.25, 0.3) is 0 Å². The zero-order valence-corrected chi connectivity index (χ0v) is 15.5. The standard InChI is InChI=1S/C20H21N3O2S/c24-18-4-2-6-22(18)8-5-17-21-16(12-26-17)14-9-13-3-1-7-23-19(25)11-15(10-14)20(13)23/h9-10,12H,1-8,11H2. The molecular formula is C20H21N3O2S. The molecule has 0 aliphatic carbocycles. The van der Waals surface area contributed by atoms with Crippen LogP contribution in [0.3, 0.4) is 0 Å². The Morgan fingerprint density at radius 1 is 1.04 bits per heavy atom. The topological polar surface area (TPSA) is 53.5 Å². The molecule has 1 saturated heterocycles. The molecule has 0 spiro atoms. The number of benzene rings is 1. The van der Waals surface area contributed by atoms with Gasteiger partial charge in [0, 0.05) is 43.4 Å². The van der Waals surface area contributed by atoms with E-state index in [0.29, 0.717) is 12.8 Å². The zero-order chi connectivity index (χ0) is 17.7. The minimum atomic E-state index is 0.229. The van der Waals surface area contributed by atoms with E-state index in [0.717, 1.165) is 72.8 Å². The summed E-state index contributed by atoms with van der Waals surface area (Å²) in [6.45, 7) is 2.51. The van der Waals surface area contributed by atoms with Crippen LogP contribution in [0.25, 0.3) is 11.3 Å². The number of nitrogens with zero attached hydrogens (tertiary/aromatic N) is 3. The first kappa shape index (κ1) is 16.0. The van der Waals surface area contributed by atoms with Crippen molar-refractivity contribution in [1.82, 2.24) is 9.88 Å². The molecule has 2 amide bonds. The van der Waals surface area contributed by atoms with Crippen LogP contribution in [0.5, 0.6) is 0 Å². The van der Waals surface area contributed by atoms with E-state index in [-0.39, 0.29) is 11.8 Å². The lowest BCUT2D eigenvalue weighted by molar-refractivity contribution is -0.127. The predicted octanol–water partition coefficient (Wildman–Crippen LogP) is 2.81. The molecule has 0 atom stereocenters. The molecule has 0 bridgehead atoms. The first-order chi connectivity index (χ1) is 12.7. The second-order valence-electron chi connectivity index (χ2n) is 7.33. The first-order valence-corrected chi connectivity index (χ1v) is 10.3. The molecule has 134 valence electrons. The Balaban J connectivity index is 1.38. The molecular weight excluding hydrogens is 346 g/mol. The summed E-state index contributed by atoms with van der Waals surface area (Å²) in [5.74, 6) is 0.501. The highest BCUT2D eigenvalue weighted by molar-refractivity contribution is 7.09. The van der Waals surface area contributed by atoms with Gasteiger partial charge in [0.05, 0.1) is 22.8 Å². The van der Waals surface area contributed by atoms with Gasteiger partial charge in [0.15, 0.2) is 0 Å². The van der Waals surface area contributed by atoms with Crippen LogP contribution in [0.15, 0.2) is 17.5 Å². The molecule has 5 nitrogen and oxygen atoms in total. The SMILES string of the molecule is O=C1CCCN1CCc1nc(-c2cc3c4c(c2)CC(=O)N4CCC3)cs1. The van der Waals surface area contributed by atoms with Gasteiger partial charge in [-0.3, -0.25) is 9.59 Å². The van der Waals surface area contributed by atoms with Crippen molar-refractivity contribution in [3.63, 3.8) is 0 Å². The summed E-state index contributed by atoms with van der Waals surface area (Å²) in [5, 5.41) is 3.18. The number of aromatic nitrogens is 1. The summed E-state index contributed by atoms with van der Waals surface area (Å²) < 4.78 is 0. The fourth-order valence-electron chi connectivity index (χ4n) is 4.36. The third-order valence-corrected chi connectivity index (χ3v) is 6.53. The van der Waals surface area contributed by atoms with E-state index >= 15 is 0 Å². The third-order valence-electron chi connectivity index (χ3n) is 5.62. The van der Waals surface area contributed by atoms with Crippen molar-refractivity contribution in [1.29, 1.82) is 0 Å². The van der Waals surface area contributed by atoms with Gasteiger partial charge in [-0.2, -0.15) is 0 Å². The normalized spacial score (nSPS) is 18.8. The van der Waals surface area contributed by atoms with Crippen molar-refractivity contribution >= 4 is 28.8 Å². The van der Waals surface area contributed by atoms with Crippen molar-refractivity contribution in [3.05, 3.63) is 33.6 Å². The minimum absolute atomic E-state index is 0.229. The Labute approximate surface area is 156 Å². The van der Waals surface area contributed by atoms with Crippen molar-refractivity contribution < 1.29 is 9.59 Å². The Kier molecular flexibility index (Phi) is 3.81. The lowest BCUT2D eigenvalue weighted by atomic mass is 9.96. The molecule has 0 unspecified atom stereocenters. The Morgan fingerprint density at radius 2 is 1.88 bits per heavy atom. The van der Waals surface area contributed by atoms with Gasteiger partial charge in [0.1, 0.15) is 0 Å². The maximum absolute atomic E-state index is 12.2. The monoisotopic (exact) mass is 367 g/mol. The fourth-order valence-corrected chi connectivity index (χ4v) is 5.15. The van der Waals surface area contributed by atoms with Gasteiger partial charge in [0.2, 0.25) is 11.8 Å². The maximum atomic E-state index is 12.2. The predicted molar refractivity (Wildman–Crippen MR) is 101 cm³/mol. The lowest BCUT2D eigenvalue weighted by Crippen LogP contribution is -2.31. The average molecular weight is 367 g/mol. The van der Waals surface area contributed by atoms with E-state index in [1.807, 2.05) is 9.80 Å². The van der Waals surface area contributed by atoms with Gasteiger partial charge >= 0.3 is 0 Å². The van der Waals surface area contributed by atoms with Crippen LogP contribution in [0.2, 0.25) is 0 Å². The number of rotatable bonds is 4. The highest BCUT2D eigenvalue weighted by atomic mass is 32.1.